The Morgan fingerprint density at radius 2 is 1.66 bits per heavy atom. The molecule has 32 heavy (non-hydrogen) atoms. The molecule has 0 unspecified atom stereocenters. The summed E-state index contributed by atoms with van der Waals surface area (Å²) in [7, 11) is 0. The number of aliphatic hydroxyl groups excluding tert-OH is 1. The van der Waals surface area contributed by atoms with Crippen LogP contribution in [0.15, 0.2) is 71.9 Å². The van der Waals surface area contributed by atoms with Gasteiger partial charge in [0.2, 0.25) is 0 Å². The summed E-state index contributed by atoms with van der Waals surface area (Å²) in [6, 6.07) is 17.7. The molecule has 1 amide bonds. The number of fused-ring (bicyclic) bond motifs is 1. The summed E-state index contributed by atoms with van der Waals surface area (Å²) in [5.41, 5.74) is 7.33. The van der Waals surface area contributed by atoms with Gasteiger partial charge >= 0.3 is 0 Å². The van der Waals surface area contributed by atoms with E-state index in [1.54, 1.807) is 23.9 Å². The molecule has 0 atom stereocenters. The van der Waals surface area contributed by atoms with Crippen molar-refractivity contribution in [1.82, 2.24) is 15.4 Å². The number of benzene rings is 2. The van der Waals surface area contributed by atoms with Gasteiger partial charge in [0, 0.05) is 40.5 Å². The maximum Gasteiger partial charge on any atom is 0.276 e. The number of carbonyl (C=O) groups is 1. The van der Waals surface area contributed by atoms with Crippen molar-refractivity contribution in [3.8, 4) is 22.4 Å². The number of anilines is 1. The maximum absolute atomic E-state index is 12.5. The summed E-state index contributed by atoms with van der Waals surface area (Å²) in [4.78, 5) is 22.0. The molecule has 4 aromatic rings. The molecule has 2 aromatic heterocycles. The van der Waals surface area contributed by atoms with Gasteiger partial charge in [-0.2, -0.15) is 0 Å². The molecular formula is C24H22N4O3S. The van der Waals surface area contributed by atoms with E-state index >= 15 is 0 Å². The van der Waals surface area contributed by atoms with Crippen molar-refractivity contribution in [2.24, 2.45) is 0 Å². The van der Waals surface area contributed by atoms with Gasteiger partial charge in [-0.25, -0.2) is 10.5 Å². The highest BCUT2D eigenvalue weighted by molar-refractivity contribution is 7.98. The first kappa shape index (κ1) is 21.8. The Bertz CT molecular complexity index is 1240. The molecule has 162 valence electrons. The molecule has 0 aliphatic carbocycles. The number of rotatable bonds is 7. The summed E-state index contributed by atoms with van der Waals surface area (Å²) >= 11 is 1.40. The monoisotopic (exact) mass is 446 g/mol. The highest BCUT2D eigenvalue weighted by Crippen LogP contribution is 2.36. The Morgan fingerprint density at radius 1 is 1.00 bits per heavy atom. The van der Waals surface area contributed by atoms with E-state index in [-0.39, 0.29) is 6.61 Å². The third kappa shape index (κ3) is 4.29. The van der Waals surface area contributed by atoms with Crippen LogP contribution in [0.2, 0.25) is 0 Å². The van der Waals surface area contributed by atoms with E-state index in [0.717, 1.165) is 22.4 Å². The fourth-order valence-corrected chi connectivity index (χ4v) is 4.33. The third-order valence-electron chi connectivity index (χ3n) is 5.09. The molecule has 2 aromatic carbocycles. The van der Waals surface area contributed by atoms with Crippen LogP contribution in [0.25, 0.3) is 33.3 Å². The molecule has 0 saturated heterocycles. The molecule has 0 aliphatic heterocycles. The van der Waals surface area contributed by atoms with Gasteiger partial charge < -0.3 is 10.4 Å². The van der Waals surface area contributed by atoms with E-state index in [1.165, 1.54) is 11.8 Å². The number of amides is 1. The van der Waals surface area contributed by atoms with Gasteiger partial charge in [0.15, 0.2) is 0 Å². The Labute approximate surface area is 189 Å². The van der Waals surface area contributed by atoms with Crippen molar-refractivity contribution in [2.75, 3.05) is 24.7 Å². The minimum atomic E-state index is -0.595. The first-order valence-corrected chi connectivity index (χ1v) is 11.2. The van der Waals surface area contributed by atoms with Gasteiger partial charge in [-0.1, -0.05) is 36.4 Å². The molecule has 0 spiro atoms. The Kier molecular flexibility index (Phi) is 6.65. The average molecular weight is 447 g/mol. The van der Waals surface area contributed by atoms with Crippen molar-refractivity contribution in [2.45, 2.75) is 4.90 Å². The smallest absolute Gasteiger partial charge is 0.276 e. The second-order valence-corrected chi connectivity index (χ2v) is 7.82. The van der Waals surface area contributed by atoms with Crippen molar-refractivity contribution < 1.29 is 15.1 Å². The van der Waals surface area contributed by atoms with Crippen molar-refractivity contribution in [3.63, 3.8) is 0 Å². The highest BCUT2D eigenvalue weighted by atomic mass is 32.2. The highest BCUT2D eigenvalue weighted by Gasteiger charge is 2.21. The zero-order valence-corrected chi connectivity index (χ0v) is 18.2. The van der Waals surface area contributed by atoms with Crippen molar-refractivity contribution in [1.29, 1.82) is 0 Å². The van der Waals surface area contributed by atoms with E-state index in [1.807, 2.05) is 54.8 Å². The van der Waals surface area contributed by atoms with Gasteiger partial charge in [-0.3, -0.25) is 15.0 Å². The number of hydrogen-bond donors (Lipinski definition) is 4. The fraction of sp³-hybridized carbons (Fsp3) is 0.125. The van der Waals surface area contributed by atoms with Gasteiger partial charge in [0.25, 0.3) is 5.91 Å². The number of pyridine rings is 2. The minimum Gasteiger partial charge on any atom is -0.395 e. The van der Waals surface area contributed by atoms with Crippen molar-refractivity contribution >= 4 is 34.3 Å². The predicted octanol–water partition coefficient (Wildman–Crippen LogP) is 4.21. The van der Waals surface area contributed by atoms with Crippen LogP contribution < -0.4 is 10.8 Å². The largest absolute Gasteiger partial charge is 0.395 e. The lowest BCUT2D eigenvalue weighted by molar-refractivity contribution is 0.0705. The molecule has 4 rings (SSSR count). The Balaban J connectivity index is 1.74. The number of nitrogens with one attached hydrogen (secondary N) is 2. The predicted molar refractivity (Wildman–Crippen MR) is 127 cm³/mol. The quantitative estimate of drug-likeness (QED) is 0.191. The molecule has 0 fully saturated rings. The SMILES string of the molecule is CSc1c(-c2ccc(-c3ccc(NCCO)cc3)cc2)nc2ccncc2c1C(=O)NO. The summed E-state index contributed by atoms with van der Waals surface area (Å²) < 4.78 is 0. The van der Waals surface area contributed by atoms with Crippen LogP contribution in [0.1, 0.15) is 10.4 Å². The molecule has 2 heterocycles. The van der Waals surface area contributed by atoms with Crippen LogP contribution in [0.5, 0.6) is 0 Å². The van der Waals surface area contributed by atoms with Crippen LogP contribution in [-0.2, 0) is 0 Å². The molecule has 0 saturated carbocycles. The number of hydrogen-bond acceptors (Lipinski definition) is 7. The zero-order chi connectivity index (χ0) is 22.5. The molecule has 0 aliphatic rings. The number of aromatic nitrogens is 2. The van der Waals surface area contributed by atoms with E-state index in [9.17, 15) is 10.0 Å². The summed E-state index contributed by atoms with van der Waals surface area (Å²) in [6.45, 7) is 0.596. The lowest BCUT2D eigenvalue weighted by Crippen LogP contribution is -2.20. The summed E-state index contributed by atoms with van der Waals surface area (Å²) in [5, 5.41) is 21.9. The minimum absolute atomic E-state index is 0.0856. The number of hydroxylamine groups is 1. The zero-order valence-electron chi connectivity index (χ0n) is 17.4. The summed E-state index contributed by atoms with van der Waals surface area (Å²) in [6.07, 6.45) is 5.08. The molecule has 7 nitrogen and oxygen atoms in total. The lowest BCUT2D eigenvalue weighted by Gasteiger charge is -2.15. The second kappa shape index (κ2) is 9.78. The average Bonchev–Trinajstić information content (AvgIpc) is 2.86. The van der Waals surface area contributed by atoms with Gasteiger partial charge in [-0.05, 0) is 35.6 Å². The number of thioether (sulfide) groups is 1. The Morgan fingerprint density at radius 3 is 2.28 bits per heavy atom. The molecular weight excluding hydrogens is 424 g/mol. The van der Waals surface area contributed by atoms with Crippen LogP contribution in [-0.4, -0.2) is 45.6 Å². The van der Waals surface area contributed by atoms with E-state index < -0.39 is 5.91 Å². The van der Waals surface area contributed by atoms with E-state index in [4.69, 9.17) is 10.1 Å². The van der Waals surface area contributed by atoms with Crippen LogP contribution in [0.3, 0.4) is 0 Å². The lowest BCUT2D eigenvalue weighted by atomic mass is 10.0. The van der Waals surface area contributed by atoms with Gasteiger partial charge in [0.1, 0.15) is 0 Å². The van der Waals surface area contributed by atoms with Crippen LogP contribution in [0, 0.1) is 0 Å². The maximum atomic E-state index is 12.5. The normalized spacial score (nSPS) is 10.8. The third-order valence-corrected chi connectivity index (χ3v) is 5.90. The topological polar surface area (TPSA) is 107 Å². The first-order valence-electron chi connectivity index (χ1n) is 9.98. The standard InChI is InChI=1S/C24H22N4O3S/c1-32-23-21(24(30)28-31)19-14-25-11-10-20(19)27-22(23)17-4-2-15(3-5-17)16-6-8-18(9-7-16)26-12-13-29/h2-11,14,26,29,31H,12-13H2,1H3,(H,28,30). The van der Waals surface area contributed by atoms with E-state index in [0.29, 0.717) is 33.6 Å². The van der Waals surface area contributed by atoms with E-state index in [2.05, 4.69) is 10.3 Å². The number of carbonyl (C=O) groups excluding carboxylic acids is 1. The molecule has 0 radical (unpaired) electrons. The first-order chi connectivity index (χ1) is 15.7. The van der Waals surface area contributed by atoms with Gasteiger partial charge in [0.05, 0.1) is 23.4 Å². The van der Waals surface area contributed by atoms with Crippen molar-refractivity contribution in [3.05, 3.63) is 72.6 Å². The molecule has 0 bridgehead atoms. The van der Waals surface area contributed by atoms with Crippen LogP contribution in [0.4, 0.5) is 5.69 Å². The second-order valence-electron chi connectivity index (χ2n) is 7.01. The molecule has 8 heteroatoms. The number of aliphatic hydroxyl groups is 1. The summed E-state index contributed by atoms with van der Waals surface area (Å²) in [5.74, 6) is -0.595. The van der Waals surface area contributed by atoms with Crippen LogP contribution >= 0.6 is 11.8 Å². The number of nitrogens with zero attached hydrogens (tertiary/aromatic N) is 2. The fourth-order valence-electron chi connectivity index (χ4n) is 3.57. The molecule has 4 N–H and O–H groups in total. The van der Waals surface area contributed by atoms with Gasteiger partial charge in [-0.15, -0.1) is 11.8 Å². The Hall–Kier alpha value is -3.46.